The number of nitrogens with zero attached hydrogens (tertiary/aromatic N) is 1. The highest BCUT2D eigenvalue weighted by molar-refractivity contribution is 5.97. The molecular formula is C24H22N2O3. The van der Waals surface area contributed by atoms with Gasteiger partial charge < -0.3 is 19.7 Å². The third-order valence-corrected chi connectivity index (χ3v) is 5.83. The Labute approximate surface area is 169 Å². The van der Waals surface area contributed by atoms with Crippen molar-refractivity contribution in [2.75, 3.05) is 31.4 Å². The number of carbonyl (C=O) groups excluding carboxylic acids is 1. The van der Waals surface area contributed by atoms with Gasteiger partial charge in [0, 0.05) is 55.3 Å². The van der Waals surface area contributed by atoms with E-state index in [0.29, 0.717) is 17.1 Å². The smallest absolute Gasteiger partial charge is 0.340 e. The summed E-state index contributed by atoms with van der Waals surface area (Å²) in [4.78, 5) is 14.9. The van der Waals surface area contributed by atoms with E-state index in [1.165, 1.54) is 0 Å². The lowest BCUT2D eigenvalue weighted by molar-refractivity contribution is 0.0224. The number of ether oxygens (including phenoxy) is 2. The molecule has 3 aromatic rings. The van der Waals surface area contributed by atoms with Gasteiger partial charge in [-0.3, -0.25) is 0 Å². The quantitative estimate of drug-likeness (QED) is 0.649. The highest BCUT2D eigenvalue weighted by atomic mass is 16.6. The van der Waals surface area contributed by atoms with E-state index < -0.39 is 5.60 Å². The molecule has 29 heavy (non-hydrogen) atoms. The number of hydrogen-bond acceptors (Lipinski definition) is 5. The van der Waals surface area contributed by atoms with Crippen molar-refractivity contribution in [1.29, 1.82) is 0 Å². The van der Waals surface area contributed by atoms with Crippen molar-refractivity contribution in [2.45, 2.75) is 12.5 Å². The molecule has 0 fully saturated rings. The van der Waals surface area contributed by atoms with Crippen LogP contribution >= 0.6 is 0 Å². The first-order chi connectivity index (χ1) is 14.0. The van der Waals surface area contributed by atoms with E-state index in [2.05, 4.69) is 5.32 Å². The van der Waals surface area contributed by atoms with Crippen LogP contribution < -0.4 is 15.0 Å². The largest absolute Gasteiger partial charge is 0.456 e. The van der Waals surface area contributed by atoms with Crippen LogP contribution in [0.3, 0.4) is 0 Å². The fourth-order valence-corrected chi connectivity index (χ4v) is 4.36. The van der Waals surface area contributed by atoms with E-state index >= 15 is 0 Å². The fraction of sp³-hybridized carbons (Fsp3) is 0.208. The molecule has 0 saturated carbocycles. The number of nitrogens with one attached hydrogen (secondary N) is 1. The van der Waals surface area contributed by atoms with Crippen LogP contribution in [0.4, 0.5) is 11.4 Å². The molecule has 0 saturated heterocycles. The van der Waals surface area contributed by atoms with Crippen molar-refractivity contribution in [2.24, 2.45) is 0 Å². The Morgan fingerprint density at radius 2 is 1.69 bits per heavy atom. The van der Waals surface area contributed by atoms with Crippen molar-refractivity contribution in [3.63, 3.8) is 0 Å². The summed E-state index contributed by atoms with van der Waals surface area (Å²) in [6.45, 7) is 2.03. The van der Waals surface area contributed by atoms with Gasteiger partial charge in [0.2, 0.25) is 0 Å². The zero-order chi connectivity index (χ0) is 20.3. The molecular weight excluding hydrogens is 364 g/mol. The first kappa shape index (κ1) is 17.6. The molecule has 0 bridgehead atoms. The Hall–Kier alpha value is -3.47. The minimum atomic E-state index is -1.03. The molecule has 0 amide bonds. The molecule has 1 spiro atoms. The van der Waals surface area contributed by atoms with Crippen molar-refractivity contribution in [1.82, 2.24) is 0 Å². The summed E-state index contributed by atoms with van der Waals surface area (Å²) in [6.07, 6.45) is 0. The first-order valence-corrected chi connectivity index (χ1v) is 9.61. The maximum atomic E-state index is 12.9. The van der Waals surface area contributed by atoms with Gasteiger partial charge in [-0.25, -0.2) is 4.79 Å². The average molecular weight is 386 g/mol. The standard InChI is InChI=1S/C24H22N2O3/c1-14-11-21-19(13-20(14)25-2)24(17-8-6-5-7-16(17)23(27)29-24)18-10-9-15(26(3)4)12-22(18)28-21/h5-13,25H,1-4H3. The fourth-order valence-electron chi connectivity index (χ4n) is 4.36. The van der Waals surface area contributed by atoms with Gasteiger partial charge in [-0.15, -0.1) is 0 Å². The minimum absolute atomic E-state index is 0.317. The first-order valence-electron chi connectivity index (χ1n) is 9.61. The lowest BCUT2D eigenvalue weighted by Gasteiger charge is -2.37. The predicted molar refractivity (Wildman–Crippen MR) is 113 cm³/mol. The third kappa shape index (κ3) is 2.30. The molecule has 1 atom stereocenters. The lowest BCUT2D eigenvalue weighted by Crippen LogP contribution is -2.33. The Morgan fingerprint density at radius 3 is 2.45 bits per heavy atom. The van der Waals surface area contributed by atoms with Crippen LogP contribution in [0.5, 0.6) is 11.5 Å². The molecule has 5 rings (SSSR count). The van der Waals surface area contributed by atoms with Crippen molar-refractivity contribution >= 4 is 17.3 Å². The maximum Gasteiger partial charge on any atom is 0.340 e. The Balaban J connectivity index is 1.87. The molecule has 2 aliphatic rings. The number of hydrogen-bond donors (Lipinski definition) is 1. The van der Waals surface area contributed by atoms with Crippen LogP contribution in [0.2, 0.25) is 0 Å². The van der Waals surface area contributed by atoms with Crippen LogP contribution in [0.25, 0.3) is 0 Å². The second kappa shape index (κ2) is 6.01. The van der Waals surface area contributed by atoms with Gasteiger partial charge in [-0.1, -0.05) is 18.2 Å². The number of esters is 1. The maximum absolute atomic E-state index is 12.9. The van der Waals surface area contributed by atoms with Crippen molar-refractivity contribution < 1.29 is 14.3 Å². The van der Waals surface area contributed by atoms with E-state index in [1.54, 1.807) is 0 Å². The highest BCUT2D eigenvalue weighted by Gasteiger charge is 2.53. The number of benzene rings is 3. The van der Waals surface area contributed by atoms with Gasteiger partial charge in [-0.05, 0) is 42.8 Å². The molecule has 5 heteroatoms. The molecule has 5 nitrogen and oxygen atoms in total. The van der Waals surface area contributed by atoms with Gasteiger partial charge in [0.05, 0.1) is 5.56 Å². The van der Waals surface area contributed by atoms with Crippen LogP contribution in [-0.2, 0) is 10.3 Å². The van der Waals surface area contributed by atoms with Crippen LogP contribution in [-0.4, -0.2) is 27.1 Å². The summed E-state index contributed by atoms with van der Waals surface area (Å²) in [7, 11) is 5.86. The zero-order valence-corrected chi connectivity index (χ0v) is 16.9. The number of fused-ring (bicyclic) bond motifs is 6. The SMILES string of the molecule is CNc1cc2c(cc1C)Oc1cc(N(C)C)ccc1C21OC(=O)c2ccccc21. The second-order valence-corrected chi connectivity index (χ2v) is 7.71. The van der Waals surface area contributed by atoms with E-state index in [1.807, 2.05) is 87.6 Å². The number of rotatable bonds is 2. The van der Waals surface area contributed by atoms with E-state index in [-0.39, 0.29) is 5.97 Å². The number of anilines is 2. The lowest BCUT2D eigenvalue weighted by atomic mass is 9.77. The van der Waals surface area contributed by atoms with Gasteiger partial charge in [0.25, 0.3) is 0 Å². The summed E-state index contributed by atoms with van der Waals surface area (Å²) in [6, 6.07) is 17.7. The number of aryl methyl sites for hydroxylation is 1. The van der Waals surface area contributed by atoms with Gasteiger partial charge in [0.15, 0.2) is 5.60 Å². The number of carbonyl (C=O) groups is 1. The van der Waals surface area contributed by atoms with E-state index in [4.69, 9.17) is 9.47 Å². The van der Waals surface area contributed by atoms with Crippen LogP contribution in [0.15, 0.2) is 54.6 Å². The molecule has 2 aliphatic heterocycles. The minimum Gasteiger partial charge on any atom is -0.456 e. The Kier molecular flexibility index (Phi) is 3.65. The normalized spacial score (nSPS) is 18.4. The topological polar surface area (TPSA) is 50.8 Å². The predicted octanol–water partition coefficient (Wildman–Crippen LogP) is 4.67. The molecule has 146 valence electrons. The van der Waals surface area contributed by atoms with E-state index in [0.717, 1.165) is 33.6 Å². The van der Waals surface area contributed by atoms with Gasteiger partial charge in [0.1, 0.15) is 11.5 Å². The van der Waals surface area contributed by atoms with E-state index in [9.17, 15) is 4.79 Å². The molecule has 0 aromatic heterocycles. The third-order valence-electron chi connectivity index (χ3n) is 5.83. The molecule has 2 heterocycles. The van der Waals surface area contributed by atoms with Gasteiger partial charge in [-0.2, -0.15) is 0 Å². The Morgan fingerprint density at radius 1 is 0.931 bits per heavy atom. The summed E-state index contributed by atoms with van der Waals surface area (Å²) < 4.78 is 12.5. The average Bonchev–Trinajstić information content (AvgIpc) is 3.01. The van der Waals surface area contributed by atoms with Crippen LogP contribution in [0.1, 0.15) is 32.6 Å². The summed E-state index contributed by atoms with van der Waals surface area (Å²) in [5.41, 5.74) is 5.13. The van der Waals surface area contributed by atoms with Crippen LogP contribution in [0, 0.1) is 6.92 Å². The van der Waals surface area contributed by atoms with Gasteiger partial charge >= 0.3 is 5.97 Å². The summed E-state index contributed by atoms with van der Waals surface area (Å²) in [5.74, 6) is 1.09. The molecule has 0 aliphatic carbocycles. The molecule has 0 radical (unpaired) electrons. The summed E-state index contributed by atoms with van der Waals surface area (Å²) in [5, 5.41) is 3.23. The monoisotopic (exact) mass is 386 g/mol. The highest BCUT2D eigenvalue weighted by Crippen LogP contribution is 2.57. The van der Waals surface area contributed by atoms with Crippen molar-refractivity contribution in [3.05, 3.63) is 82.4 Å². The molecule has 1 N–H and O–H groups in total. The molecule has 3 aromatic carbocycles. The summed E-state index contributed by atoms with van der Waals surface area (Å²) >= 11 is 0. The second-order valence-electron chi connectivity index (χ2n) is 7.71. The molecule has 1 unspecified atom stereocenters. The zero-order valence-electron chi connectivity index (χ0n) is 16.9. The van der Waals surface area contributed by atoms with Crippen molar-refractivity contribution in [3.8, 4) is 11.5 Å². The Bertz CT molecular complexity index is 1170.